The Balaban J connectivity index is 0.000000576. The SMILES string of the molecule is CCN=C=NCCCN(C)C.Cl.O=C(Cc1ccncc1)NNc1ccccc1. The number of pyridine rings is 1. The minimum Gasteiger partial charge on any atom is -0.309 e. The van der Waals surface area contributed by atoms with Crippen molar-refractivity contribution in [1.82, 2.24) is 15.3 Å². The molecule has 2 rings (SSSR count). The molecule has 2 N–H and O–H groups in total. The summed E-state index contributed by atoms with van der Waals surface area (Å²) in [7, 11) is 4.12. The third-order valence-corrected chi connectivity index (χ3v) is 3.41. The average molecular weight is 419 g/mol. The van der Waals surface area contributed by atoms with Crippen molar-refractivity contribution >= 4 is 30.0 Å². The highest BCUT2D eigenvalue weighted by molar-refractivity contribution is 5.85. The number of rotatable bonds is 9. The molecule has 0 bridgehead atoms. The van der Waals surface area contributed by atoms with Crippen LogP contribution in [0.25, 0.3) is 0 Å². The Hall–Kier alpha value is -2.73. The van der Waals surface area contributed by atoms with Gasteiger partial charge in [0.15, 0.2) is 0 Å². The van der Waals surface area contributed by atoms with Gasteiger partial charge in [0.1, 0.15) is 0 Å². The number of para-hydroxylation sites is 1. The van der Waals surface area contributed by atoms with Gasteiger partial charge in [-0.05, 0) is 63.8 Å². The van der Waals surface area contributed by atoms with Crippen LogP contribution in [0.1, 0.15) is 18.9 Å². The minimum atomic E-state index is -0.0833. The first-order valence-electron chi connectivity index (χ1n) is 9.33. The molecular formula is C21H31ClN6O. The van der Waals surface area contributed by atoms with Crippen molar-refractivity contribution in [2.75, 3.05) is 39.2 Å². The zero-order chi connectivity index (χ0) is 20.5. The van der Waals surface area contributed by atoms with Crippen LogP contribution in [0.4, 0.5) is 5.69 Å². The summed E-state index contributed by atoms with van der Waals surface area (Å²) in [5.74, 6) is -0.0833. The quantitative estimate of drug-likeness (QED) is 0.372. The standard InChI is InChI=1S/C13H13N3O.C8H17N3.ClH/c17-13(10-11-6-8-14-9-7-11)16-15-12-4-2-1-3-5-12;1-4-9-8-10-6-5-7-11(2)3;/h1-9,15H,10H2,(H,16,17);4-7H2,1-3H3;1H. The first kappa shape index (κ1) is 26.3. The molecule has 0 saturated heterocycles. The van der Waals surface area contributed by atoms with Crippen molar-refractivity contribution in [3.63, 3.8) is 0 Å². The fourth-order valence-corrected chi connectivity index (χ4v) is 2.03. The lowest BCUT2D eigenvalue weighted by Gasteiger charge is -2.07. The summed E-state index contributed by atoms with van der Waals surface area (Å²) in [5.41, 5.74) is 7.28. The molecule has 0 fully saturated rings. The predicted molar refractivity (Wildman–Crippen MR) is 122 cm³/mol. The van der Waals surface area contributed by atoms with Gasteiger partial charge in [0.2, 0.25) is 5.91 Å². The molecule has 29 heavy (non-hydrogen) atoms. The van der Waals surface area contributed by atoms with Gasteiger partial charge in [-0.25, -0.2) is 9.98 Å². The van der Waals surface area contributed by atoms with Crippen molar-refractivity contribution in [3.8, 4) is 0 Å². The Morgan fingerprint density at radius 2 is 1.79 bits per heavy atom. The first-order valence-corrected chi connectivity index (χ1v) is 9.33. The number of carbonyl (C=O) groups excluding carboxylic acids is 1. The molecule has 0 aliphatic rings. The number of hydrogen-bond acceptors (Lipinski definition) is 6. The van der Waals surface area contributed by atoms with Crippen molar-refractivity contribution in [2.45, 2.75) is 19.8 Å². The number of benzene rings is 1. The molecule has 1 heterocycles. The molecule has 0 aliphatic carbocycles. The summed E-state index contributed by atoms with van der Waals surface area (Å²) in [4.78, 5) is 25.5. The molecule has 0 aliphatic heterocycles. The van der Waals surface area contributed by atoms with Crippen LogP contribution in [0.2, 0.25) is 0 Å². The lowest BCUT2D eigenvalue weighted by Crippen LogP contribution is -2.30. The van der Waals surface area contributed by atoms with E-state index in [-0.39, 0.29) is 18.3 Å². The van der Waals surface area contributed by atoms with E-state index in [0.717, 1.165) is 37.3 Å². The summed E-state index contributed by atoms with van der Waals surface area (Å²) < 4.78 is 0. The first-order chi connectivity index (χ1) is 13.6. The lowest BCUT2D eigenvalue weighted by molar-refractivity contribution is -0.119. The van der Waals surface area contributed by atoms with Crippen LogP contribution in [0.3, 0.4) is 0 Å². The monoisotopic (exact) mass is 418 g/mol. The fraction of sp³-hybridized carbons (Fsp3) is 0.381. The van der Waals surface area contributed by atoms with Crippen LogP contribution in [0, 0.1) is 0 Å². The van der Waals surface area contributed by atoms with E-state index in [1.165, 1.54) is 0 Å². The summed E-state index contributed by atoms with van der Waals surface area (Å²) in [6.45, 7) is 4.67. The van der Waals surface area contributed by atoms with Gasteiger partial charge in [0.05, 0.1) is 24.7 Å². The maximum atomic E-state index is 11.6. The Morgan fingerprint density at radius 1 is 1.10 bits per heavy atom. The van der Waals surface area contributed by atoms with E-state index in [1.54, 1.807) is 12.4 Å². The molecule has 8 heteroatoms. The molecule has 0 unspecified atom stereocenters. The summed E-state index contributed by atoms with van der Waals surface area (Å²) in [6.07, 6.45) is 4.77. The zero-order valence-corrected chi connectivity index (χ0v) is 18.2. The topological polar surface area (TPSA) is 82.0 Å². The number of hydrazine groups is 1. The zero-order valence-electron chi connectivity index (χ0n) is 17.3. The second-order valence-corrected chi connectivity index (χ2v) is 6.18. The van der Waals surface area contributed by atoms with Crippen molar-refractivity contribution in [3.05, 3.63) is 60.4 Å². The van der Waals surface area contributed by atoms with Crippen LogP contribution in [-0.2, 0) is 11.2 Å². The molecule has 0 spiro atoms. The van der Waals surface area contributed by atoms with Crippen LogP contribution in [0.5, 0.6) is 0 Å². The predicted octanol–water partition coefficient (Wildman–Crippen LogP) is 3.32. The van der Waals surface area contributed by atoms with E-state index in [4.69, 9.17) is 0 Å². The fourth-order valence-electron chi connectivity index (χ4n) is 2.03. The molecule has 0 radical (unpaired) electrons. The lowest BCUT2D eigenvalue weighted by atomic mass is 10.2. The number of nitrogens with zero attached hydrogens (tertiary/aromatic N) is 4. The molecule has 1 aromatic heterocycles. The molecule has 2 aromatic rings. The summed E-state index contributed by atoms with van der Waals surface area (Å²) in [5, 5.41) is 0. The van der Waals surface area contributed by atoms with Crippen molar-refractivity contribution in [2.24, 2.45) is 9.98 Å². The average Bonchev–Trinajstić information content (AvgIpc) is 2.71. The molecular weight excluding hydrogens is 388 g/mol. The number of anilines is 1. The van der Waals surface area contributed by atoms with Gasteiger partial charge in [-0.1, -0.05) is 18.2 Å². The number of aliphatic imine (C=N–C) groups is 2. The highest BCUT2D eigenvalue weighted by Crippen LogP contribution is 2.03. The van der Waals surface area contributed by atoms with Gasteiger partial charge >= 0.3 is 0 Å². The summed E-state index contributed by atoms with van der Waals surface area (Å²) >= 11 is 0. The Labute approximate surface area is 179 Å². The van der Waals surface area contributed by atoms with E-state index in [9.17, 15) is 4.79 Å². The van der Waals surface area contributed by atoms with Crippen LogP contribution < -0.4 is 10.9 Å². The van der Waals surface area contributed by atoms with Gasteiger partial charge < -0.3 is 4.90 Å². The Bertz CT molecular complexity index is 718. The van der Waals surface area contributed by atoms with Crippen LogP contribution >= 0.6 is 12.4 Å². The third kappa shape index (κ3) is 14.9. The summed E-state index contributed by atoms with van der Waals surface area (Å²) in [6, 6.07) is 15.8. The van der Waals surface area contributed by atoms with Crippen LogP contribution in [0.15, 0.2) is 64.8 Å². The van der Waals surface area contributed by atoms with E-state index >= 15 is 0 Å². The number of amides is 1. The Kier molecular flexibility index (Phi) is 15.7. The maximum absolute atomic E-state index is 11.6. The molecule has 1 amide bonds. The van der Waals surface area contributed by atoms with Crippen molar-refractivity contribution < 1.29 is 4.79 Å². The van der Waals surface area contributed by atoms with Gasteiger partial charge in [-0.3, -0.25) is 20.6 Å². The van der Waals surface area contributed by atoms with Gasteiger partial charge in [-0.15, -0.1) is 12.4 Å². The normalized spacial score (nSPS) is 9.24. The van der Waals surface area contributed by atoms with Crippen molar-refractivity contribution in [1.29, 1.82) is 0 Å². The number of aromatic nitrogens is 1. The molecule has 0 saturated carbocycles. The second-order valence-electron chi connectivity index (χ2n) is 6.18. The van der Waals surface area contributed by atoms with Gasteiger partial charge in [0.25, 0.3) is 0 Å². The molecule has 0 atom stereocenters. The van der Waals surface area contributed by atoms with Gasteiger partial charge in [-0.2, -0.15) is 0 Å². The number of nitrogens with one attached hydrogen (secondary N) is 2. The second kappa shape index (κ2) is 17.4. The smallest absolute Gasteiger partial charge is 0.242 e. The van der Waals surface area contributed by atoms with Gasteiger partial charge in [0, 0.05) is 18.9 Å². The highest BCUT2D eigenvalue weighted by Gasteiger charge is 2.01. The van der Waals surface area contributed by atoms with E-state index in [2.05, 4.69) is 50.8 Å². The molecule has 158 valence electrons. The maximum Gasteiger partial charge on any atom is 0.242 e. The van der Waals surface area contributed by atoms with E-state index in [1.807, 2.05) is 49.4 Å². The number of hydrogen-bond donors (Lipinski definition) is 2. The largest absolute Gasteiger partial charge is 0.309 e. The number of halogens is 1. The third-order valence-electron chi connectivity index (χ3n) is 3.41. The highest BCUT2D eigenvalue weighted by atomic mass is 35.5. The van der Waals surface area contributed by atoms with E-state index < -0.39 is 0 Å². The van der Waals surface area contributed by atoms with E-state index in [0.29, 0.717) is 6.42 Å². The number of carbonyl (C=O) groups is 1. The van der Waals surface area contributed by atoms with Crippen LogP contribution in [-0.4, -0.2) is 55.5 Å². The molecule has 7 nitrogen and oxygen atoms in total. The Morgan fingerprint density at radius 3 is 2.41 bits per heavy atom. The molecule has 1 aromatic carbocycles. The minimum absolute atomic E-state index is 0.